The molecule has 0 rings (SSSR count). The van der Waals surface area contributed by atoms with Gasteiger partial charge in [-0.2, -0.15) is 4.31 Å². The molecular weight excluding hydrogens is 349 g/mol. The van der Waals surface area contributed by atoms with Gasteiger partial charge in [0.1, 0.15) is 0 Å². The molecule has 0 aromatic rings. The molecule has 9 nitrogen and oxygen atoms in total. The maximum Gasteiger partial charge on any atom is 0.471 e. The number of hydrogen-bond acceptors (Lipinski definition) is 6. The predicted octanol–water partition coefficient (Wildman–Crippen LogP) is 0.924. The van der Waals surface area contributed by atoms with Gasteiger partial charge >= 0.3 is 7.82 Å². The molecular formula is C12H28NO8PS. The summed E-state index contributed by atoms with van der Waals surface area (Å²) in [6.07, 6.45) is 0.333. The van der Waals surface area contributed by atoms with E-state index in [9.17, 15) is 13.0 Å². The van der Waals surface area contributed by atoms with Crippen molar-refractivity contribution in [3.8, 4) is 0 Å². The third-order valence-electron chi connectivity index (χ3n) is 2.59. The van der Waals surface area contributed by atoms with Crippen LogP contribution in [-0.4, -0.2) is 66.5 Å². The summed E-state index contributed by atoms with van der Waals surface area (Å²) < 4.78 is 50.6. The topological polar surface area (TPSA) is 123 Å². The van der Waals surface area contributed by atoms with Crippen LogP contribution in [0.3, 0.4) is 0 Å². The number of sulfonamides is 1. The van der Waals surface area contributed by atoms with Crippen molar-refractivity contribution >= 4 is 17.8 Å². The summed E-state index contributed by atoms with van der Waals surface area (Å²) >= 11 is 0. The highest BCUT2D eigenvalue weighted by molar-refractivity contribution is 7.88. The van der Waals surface area contributed by atoms with Crippen molar-refractivity contribution in [3.63, 3.8) is 0 Å². The summed E-state index contributed by atoms with van der Waals surface area (Å²) in [5, 5.41) is 0. The summed E-state index contributed by atoms with van der Waals surface area (Å²) in [7, 11) is -8.07. The molecule has 0 bridgehead atoms. The second-order valence-corrected chi connectivity index (χ2v) is 9.53. The van der Waals surface area contributed by atoms with Gasteiger partial charge in [-0.1, -0.05) is 0 Å². The largest absolute Gasteiger partial charge is 0.471 e. The van der Waals surface area contributed by atoms with Crippen LogP contribution < -0.4 is 0 Å². The zero-order chi connectivity index (χ0) is 18.5. The van der Waals surface area contributed by atoms with E-state index in [2.05, 4.69) is 4.52 Å². The van der Waals surface area contributed by atoms with E-state index in [-0.39, 0.29) is 19.3 Å². The molecule has 1 atom stereocenters. The summed E-state index contributed by atoms with van der Waals surface area (Å²) in [6, 6.07) is 0. The van der Waals surface area contributed by atoms with Crippen LogP contribution in [0.4, 0.5) is 0 Å². The Morgan fingerprint density at radius 1 is 1.22 bits per heavy atom. The predicted molar refractivity (Wildman–Crippen MR) is 85.3 cm³/mol. The molecule has 0 saturated heterocycles. The summed E-state index contributed by atoms with van der Waals surface area (Å²) in [5.74, 6) is 0. The molecule has 0 aliphatic rings. The second kappa shape index (κ2) is 8.87. The highest BCUT2D eigenvalue weighted by atomic mass is 32.2. The third kappa shape index (κ3) is 11.2. The molecule has 0 aromatic carbocycles. The lowest BCUT2D eigenvalue weighted by Crippen LogP contribution is -2.50. The molecule has 2 N–H and O–H groups in total. The number of rotatable bonds is 10. The first-order chi connectivity index (χ1) is 10.1. The highest BCUT2D eigenvalue weighted by Gasteiger charge is 2.32. The average molecular weight is 377 g/mol. The highest BCUT2D eigenvalue weighted by Crippen LogP contribution is 2.35. The minimum atomic E-state index is -4.61. The Balaban J connectivity index is 4.86. The lowest BCUT2D eigenvalue weighted by atomic mass is 10.1. The SMILES string of the molecule is CC(C)O[C@H](COCOP(=O)(O)O)CN(C(C)(C)C)S(C)(=O)=O. The van der Waals surface area contributed by atoms with Gasteiger partial charge in [0.25, 0.3) is 0 Å². The van der Waals surface area contributed by atoms with Crippen LogP contribution in [0, 0.1) is 0 Å². The van der Waals surface area contributed by atoms with Gasteiger partial charge in [0.15, 0.2) is 6.79 Å². The monoisotopic (exact) mass is 377 g/mol. The van der Waals surface area contributed by atoms with Gasteiger partial charge in [0, 0.05) is 12.1 Å². The molecule has 0 aromatic heterocycles. The molecule has 0 heterocycles. The number of phosphoric ester groups is 1. The molecule has 0 saturated carbocycles. The van der Waals surface area contributed by atoms with Crippen molar-refractivity contribution in [1.29, 1.82) is 0 Å². The van der Waals surface area contributed by atoms with Crippen LogP contribution in [0.2, 0.25) is 0 Å². The Morgan fingerprint density at radius 3 is 2.09 bits per heavy atom. The summed E-state index contributed by atoms with van der Waals surface area (Å²) in [6.45, 7) is 8.24. The van der Waals surface area contributed by atoms with Gasteiger partial charge in [0.2, 0.25) is 10.0 Å². The average Bonchev–Trinajstić information content (AvgIpc) is 2.25. The first-order valence-electron chi connectivity index (χ1n) is 7.04. The number of nitrogens with zero attached hydrogens (tertiary/aromatic N) is 1. The van der Waals surface area contributed by atoms with Crippen LogP contribution >= 0.6 is 7.82 Å². The Hall–Kier alpha value is -0.0600. The van der Waals surface area contributed by atoms with Crippen molar-refractivity contribution in [1.82, 2.24) is 4.31 Å². The van der Waals surface area contributed by atoms with E-state index in [1.165, 1.54) is 4.31 Å². The summed E-state index contributed by atoms with van der Waals surface area (Å²) in [4.78, 5) is 17.2. The molecule has 140 valence electrons. The molecule has 0 radical (unpaired) electrons. The molecule has 0 amide bonds. The molecule has 0 unspecified atom stereocenters. The van der Waals surface area contributed by atoms with E-state index in [1.807, 2.05) is 0 Å². The zero-order valence-electron chi connectivity index (χ0n) is 14.4. The van der Waals surface area contributed by atoms with Gasteiger partial charge in [0.05, 0.1) is 25.1 Å². The fourth-order valence-corrected chi connectivity index (χ4v) is 3.54. The molecule has 0 fully saturated rings. The lowest BCUT2D eigenvalue weighted by molar-refractivity contribution is -0.0852. The van der Waals surface area contributed by atoms with Crippen LogP contribution in [0.5, 0.6) is 0 Å². The quantitative estimate of drug-likeness (QED) is 0.327. The van der Waals surface area contributed by atoms with Crippen LogP contribution in [0.25, 0.3) is 0 Å². The van der Waals surface area contributed by atoms with E-state index in [0.29, 0.717) is 0 Å². The fourth-order valence-electron chi connectivity index (χ4n) is 1.90. The number of ether oxygens (including phenoxy) is 2. The lowest BCUT2D eigenvalue weighted by Gasteiger charge is -2.36. The van der Waals surface area contributed by atoms with E-state index in [0.717, 1.165) is 6.26 Å². The van der Waals surface area contributed by atoms with Gasteiger partial charge in [-0.3, -0.25) is 4.52 Å². The fraction of sp³-hybridized carbons (Fsp3) is 1.00. The Bertz CT molecular complexity index is 496. The van der Waals surface area contributed by atoms with Crippen LogP contribution in [-0.2, 0) is 28.6 Å². The van der Waals surface area contributed by atoms with Crippen molar-refractivity contribution in [3.05, 3.63) is 0 Å². The second-order valence-electron chi connectivity index (χ2n) is 6.38. The number of phosphoric acid groups is 1. The van der Waals surface area contributed by atoms with E-state index in [1.54, 1.807) is 34.6 Å². The molecule has 11 heteroatoms. The maximum absolute atomic E-state index is 12.0. The van der Waals surface area contributed by atoms with E-state index in [4.69, 9.17) is 19.3 Å². The van der Waals surface area contributed by atoms with Gasteiger partial charge < -0.3 is 19.3 Å². The van der Waals surface area contributed by atoms with Crippen molar-refractivity contribution in [2.24, 2.45) is 0 Å². The molecule has 0 aliphatic carbocycles. The van der Waals surface area contributed by atoms with Crippen molar-refractivity contribution < 1.29 is 36.8 Å². The van der Waals surface area contributed by atoms with Gasteiger partial charge in [-0.15, -0.1) is 0 Å². The maximum atomic E-state index is 12.0. The normalized spacial score (nSPS) is 15.4. The summed E-state index contributed by atoms with van der Waals surface area (Å²) in [5.41, 5.74) is -0.644. The third-order valence-corrected chi connectivity index (χ3v) is 4.53. The Morgan fingerprint density at radius 2 is 1.74 bits per heavy atom. The van der Waals surface area contributed by atoms with Crippen molar-refractivity contribution in [2.75, 3.05) is 26.2 Å². The van der Waals surface area contributed by atoms with E-state index < -0.39 is 36.3 Å². The first-order valence-corrected chi connectivity index (χ1v) is 10.4. The molecule has 0 spiro atoms. The minimum Gasteiger partial charge on any atom is -0.372 e. The number of hydrogen-bond donors (Lipinski definition) is 2. The smallest absolute Gasteiger partial charge is 0.372 e. The van der Waals surface area contributed by atoms with E-state index >= 15 is 0 Å². The minimum absolute atomic E-state index is 0.0520. The molecule has 0 aliphatic heterocycles. The standard InChI is InChI=1S/C12H28NO8PS/c1-10(2)21-11(8-19-9-20-22(14,15)16)7-13(12(3,4)5)23(6,17)18/h10-11H,7-9H2,1-6H3,(H2,14,15,16)/t11-/m0/s1. The molecule has 23 heavy (non-hydrogen) atoms. The van der Waals surface area contributed by atoms with Crippen LogP contribution in [0.1, 0.15) is 34.6 Å². The van der Waals surface area contributed by atoms with Gasteiger partial charge in [-0.25, -0.2) is 13.0 Å². The van der Waals surface area contributed by atoms with Gasteiger partial charge in [-0.05, 0) is 34.6 Å². The zero-order valence-corrected chi connectivity index (χ0v) is 16.1. The van der Waals surface area contributed by atoms with Crippen molar-refractivity contribution in [2.45, 2.75) is 52.4 Å². The Kier molecular flexibility index (Phi) is 8.84. The van der Waals surface area contributed by atoms with Crippen LogP contribution in [0.15, 0.2) is 0 Å². The first kappa shape index (κ1) is 22.9. The Labute approximate surface area is 138 Å².